The predicted molar refractivity (Wildman–Crippen MR) is 150 cm³/mol. The third-order valence-electron chi connectivity index (χ3n) is 7.00. The van der Waals surface area contributed by atoms with Gasteiger partial charge in [-0.15, -0.1) is 13.2 Å². The molecular weight excluding hydrogens is 613 g/mol. The van der Waals surface area contributed by atoms with Gasteiger partial charge in [-0.25, -0.2) is 23.2 Å². The van der Waals surface area contributed by atoms with Crippen LogP contribution in [-0.4, -0.2) is 84.8 Å². The van der Waals surface area contributed by atoms with Gasteiger partial charge in [0.05, 0.1) is 10.6 Å². The van der Waals surface area contributed by atoms with Gasteiger partial charge in [0.2, 0.25) is 15.9 Å². The number of ether oxygens (including phenoxy) is 1. The van der Waals surface area contributed by atoms with Gasteiger partial charge in [-0.3, -0.25) is 4.79 Å². The van der Waals surface area contributed by atoms with Crippen molar-refractivity contribution in [3.8, 4) is 5.75 Å². The normalized spacial score (nSPS) is 17.8. The van der Waals surface area contributed by atoms with E-state index in [2.05, 4.69) is 24.9 Å². The standard InChI is InChI=1S/C26H27F3N6O6S2/c1-16-22(24(37)38)42-25(32-16)34-11-12-35(43(39,40)19-6-4-18(5-7-19)41-26(27,28)29)20(15-34)23(36)31-14-17-3-8-21(30-13-17)33-9-2-10-33/h3-8,13,20H,2,9-12,14-15H2,1H3,(H,31,36)(H,37,38). The van der Waals surface area contributed by atoms with E-state index in [-0.39, 0.29) is 36.0 Å². The number of amides is 1. The van der Waals surface area contributed by atoms with Gasteiger partial charge < -0.3 is 25.0 Å². The second-order valence-corrected chi connectivity index (χ2v) is 12.8. The number of benzene rings is 1. The van der Waals surface area contributed by atoms with Crippen LogP contribution in [0, 0.1) is 6.92 Å². The molecule has 0 aliphatic carbocycles. The molecule has 43 heavy (non-hydrogen) atoms. The van der Waals surface area contributed by atoms with E-state index in [1.807, 2.05) is 12.1 Å². The number of alkyl halides is 3. The largest absolute Gasteiger partial charge is 0.573 e. The second kappa shape index (κ2) is 12.0. The molecule has 5 rings (SSSR count). The quantitative estimate of drug-likeness (QED) is 0.358. The molecule has 4 heterocycles. The number of sulfonamides is 1. The molecule has 0 bridgehead atoms. The van der Waals surface area contributed by atoms with Crippen LogP contribution in [0.5, 0.6) is 5.75 Å². The number of thiazole rings is 1. The Morgan fingerprint density at radius 2 is 1.81 bits per heavy atom. The second-order valence-electron chi connectivity index (χ2n) is 9.90. The van der Waals surface area contributed by atoms with Gasteiger partial charge in [-0.1, -0.05) is 17.4 Å². The molecule has 1 unspecified atom stereocenters. The minimum absolute atomic E-state index is 0.0291. The highest BCUT2D eigenvalue weighted by molar-refractivity contribution is 7.89. The van der Waals surface area contributed by atoms with E-state index in [1.54, 1.807) is 18.0 Å². The number of aromatic nitrogens is 2. The maximum atomic E-state index is 13.7. The fourth-order valence-corrected chi connectivity index (χ4v) is 7.18. The molecule has 2 aromatic heterocycles. The summed E-state index contributed by atoms with van der Waals surface area (Å²) in [4.78, 5) is 37.3. The van der Waals surface area contributed by atoms with Gasteiger partial charge in [0.1, 0.15) is 22.5 Å². The number of hydrogen-bond donors (Lipinski definition) is 2. The van der Waals surface area contributed by atoms with E-state index in [1.165, 1.54) is 0 Å². The van der Waals surface area contributed by atoms with Crippen molar-refractivity contribution < 1.29 is 41.0 Å². The summed E-state index contributed by atoms with van der Waals surface area (Å²) in [7, 11) is -4.35. The summed E-state index contributed by atoms with van der Waals surface area (Å²) in [6.45, 7) is 3.24. The van der Waals surface area contributed by atoms with Gasteiger partial charge >= 0.3 is 12.3 Å². The van der Waals surface area contributed by atoms with Crippen LogP contribution < -0.4 is 19.9 Å². The summed E-state index contributed by atoms with van der Waals surface area (Å²) in [5, 5.41) is 12.5. The maximum Gasteiger partial charge on any atom is 0.573 e. The SMILES string of the molecule is Cc1nc(N2CCN(S(=O)(=O)c3ccc(OC(F)(F)F)cc3)C(C(=O)NCc3ccc(N4CCC4)nc3)C2)sc1C(=O)O. The van der Waals surface area contributed by atoms with E-state index in [4.69, 9.17) is 0 Å². The van der Waals surface area contributed by atoms with Crippen LogP contribution in [0.1, 0.15) is 27.3 Å². The molecule has 3 aromatic rings. The van der Waals surface area contributed by atoms with E-state index in [9.17, 15) is 36.3 Å². The Kier molecular flexibility index (Phi) is 8.49. The molecule has 0 radical (unpaired) electrons. The average molecular weight is 641 g/mol. The molecule has 230 valence electrons. The van der Waals surface area contributed by atoms with Crippen LogP contribution in [0.2, 0.25) is 0 Å². The van der Waals surface area contributed by atoms with Crippen molar-refractivity contribution in [2.24, 2.45) is 0 Å². The number of carbonyl (C=O) groups excluding carboxylic acids is 1. The topological polar surface area (TPSA) is 145 Å². The first-order valence-corrected chi connectivity index (χ1v) is 15.4. The highest BCUT2D eigenvalue weighted by Gasteiger charge is 2.41. The number of nitrogens with zero attached hydrogens (tertiary/aromatic N) is 5. The van der Waals surface area contributed by atoms with E-state index < -0.39 is 40.1 Å². The molecule has 1 amide bonds. The van der Waals surface area contributed by atoms with Crippen LogP contribution in [-0.2, 0) is 21.4 Å². The number of carbonyl (C=O) groups is 2. The molecule has 1 aromatic carbocycles. The zero-order chi connectivity index (χ0) is 30.9. The van der Waals surface area contributed by atoms with Crippen LogP contribution >= 0.6 is 11.3 Å². The molecule has 0 saturated carbocycles. The van der Waals surface area contributed by atoms with Crippen LogP contribution in [0.15, 0.2) is 47.5 Å². The predicted octanol–water partition coefficient (Wildman–Crippen LogP) is 2.85. The number of aryl methyl sites for hydroxylation is 1. The third kappa shape index (κ3) is 6.83. The van der Waals surface area contributed by atoms with Crippen LogP contribution in [0.3, 0.4) is 0 Å². The summed E-state index contributed by atoms with van der Waals surface area (Å²) >= 11 is 0.917. The molecule has 0 spiro atoms. The van der Waals surface area contributed by atoms with Crippen LogP contribution in [0.4, 0.5) is 24.1 Å². The fraction of sp³-hybridized carbons (Fsp3) is 0.385. The molecule has 2 saturated heterocycles. The molecule has 2 aliphatic heterocycles. The van der Waals surface area contributed by atoms with Crippen molar-refractivity contribution in [2.45, 2.75) is 37.2 Å². The molecular formula is C26H27F3N6O6S2. The molecule has 17 heteroatoms. The summed E-state index contributed by atoms with van der Waals surface area (Å²) in [5.41, 5.74) is 0.987. The van der Waals surface area contributed by atoms with Crippen molar-refractivity contribution in [2.75, 3.05) is 42.5 Å². The average Bonchev–Trinajstić information content (AvgIpc) is 3.32. The van der Waals surface area contributed by atoms with Gasteiger partial charge in [0.15, 0.2) is 5.13 Å². The first-order valence-electron chi connectivity index (χ1n) is 13.1. The number of anilines is 2. The molecule has 1 atom stereocenters. The minimum atomic E-state index is -4.95. The van der Waals surface area contributed by atoms with Gasteiger partial charge in [-0.2, -0.15) is 4.31 Å². The first kappa shape index (κ1) is 30.5. The zero-order valence-electron chi connectivity index (χ0n) is 22.7. The van der Waals surface area contributed by atoms with Crippen molar-refractivity contribution in [3.63, 3.8) is 0 Å². The third-order valence-corrected chi connectivity index (χ3v) is 10.1. The highest BCUT2D eigenvalue weighted by Crippen LogP contribution is 2.31. The zero-order valence-corrected chi connectivity index (χ0v) is 24.4. The monoisotopic (exact) mass is 640 g/mol. The first-order chi connectivity index (χ1) is 20.3. The lowest BCUT2D eigenvalue weighted by atomic mass is 10.2. The van der Waals surface area contributed by atoms with E-state index >= 15 is 0 Å². The lowest BCUT2D eigenvalue weighted by Gasteiger charge is -2.39. The molecule has 2 fully saturated rings. The van der Waals surface area contributed by atoms with E-state index in [0.29, 0.717) is 16.4 Å². The summed E-state index contributed by atoms with van der Waals surface area (Å²) in [6, 6.07) is 6.12. The summed E-state index contributed by atoms with van der Waals surface area (Å²) in [5.74, 6) is -1.53. The number of hydrogen-bond acceptors (Lipinski definition) is 10. The number of pyridine rings is 1. The fourth-order valence-electron chi connectivity index (χ4n) is 4.67. The Labute approximate surface area is 248 Å². The number of carboxylic acid groups (broad SMARTS) is 1. The number of aromatic carboxylic acids is 1. The Hall–Kier alpha value is -3.96. The van der Waals surface area contributed by atoms with Gasteiger partial charge in [0, 0.05) is 45.5 Å². The lowest BCUT2D eigenvalue weighted by molar-refractivity contribution is -0.274. The number of halogens is 3. The van der Waals surface area contributed by atoms with Crippen molar-refractivity contribution in [3.05, 3.63) is 58.7 Å². The Morgan fingerprint density at radius 1 is 1.09 bits per heavy atom. The van der Waals surface area contributed by atoms with E-state index in [0.717, 1.165) is 65.2 Å². The van der Waals surface area contributed by atoms with Crippen molar-refractivity contribution >= 4 is 44.2 Å². The van der Waals surface area contributed by atoms with Crippen LogP contribution in [0.25, 0.3) is 0 Å². The number of rotatable bonds is 9. The molecule has 2 aliphatic rings. The Balaban J connectivity index is 1.37. The summed E-state index contributed by atoms with van der Waals surface area (Å²) in [6.07, 6.45) is -2.22. The van der Waals surface area contributed by atoms with Crippen molar-refractivity contribution in [1.82, 2.24) is 19.6 Å². The minimum Gasteiger partial charge on any atom is -0.477 e. The number of piperazine rings is 1. The number of nitrogens with one attached hydrogen (secondary N) is 1. The Morgan fingerprint density at radius 3 is 2.37 bits per heavy atom. The molecule has 12 nitrogen and oxygen atoms in total. The lowest BCUT2D eigenvalue weighted by Crippen LogP contribution is -2.60. The smallest absolute Gasteiger partial charge is 0.477 e. The maximum absolute atomic E-state index is 13.7. The summed E-state index contributed by atoms with van der Waals surface area (Å²) < 4.78 is 69.9. The highest BCUT2D eigenvalue weighted by atomic mass is 32.2. The van der Waals surface area contributed by atoms with Crippen molar-refractivity contribution in [1.29, 1.82) is 0 Å². The Bertz CT molecular complexity index is 1590. The molecule has 2 N–H and O–H groups in total. The number of carboxylic acids is 1. The van der Waals surface area contributed by atoms with Gasteiger partial charge in [0.25, 0.3) is 0 Å². The van der Waals surface area contributed by atoms with Gasteiger partial charge in [-0.05, 0) is 49.2 Å².